The van der Waals surface area contributed by atoms with Gasteiger partial charge in [-0.25, -0.2) is 9.79 Å². The maximum Gasteiger partial charge on any atom is 0.363 e. The molecular weight excluding hydrogens is 390 g/mol. The quantitative estimate of drug-likeness (QED) is 0.554. The van der Waals surface area contributed by atoms with Crippen molar-refractivity contribution in [3.8, 4) is 0 Å². The van der Waals surface area contributed by atoms with Gasteiger partial charge in [0.1, 0.15) is 0 Å². The molecule has 1 amide bonds. The molecule has 31 heavy (non-hydrogen) atoms. The number of ether oxygens (including phenoxy) is 1. The van der Waals surface area contributed by atoms with Gasteiger partial charge in [-0.15, -0.1) is 0 Å². The molecule has 0 aromatic heterocycles. The van der Waals surface area contributed by atoms with Crippen LogP contribution in [0.4, 0.5) is 0 Å². The molecule has 0 bridgehead atoms. The maximum atomic E-state index is 12.6. The average molecular weight is 420 g/mol. The van der Waals surface area contributed by atoms with Crippen molar-refractivity contribution in [2.24, 2.45) is 16.8 Å². The fourth-order valence-corrected chi connectivity index (χ4v) is 4.24. The number of piperidine rings is 1. The third-order valence-corrected chi connectivity index (χ3v) is 5.79. The number of fused-ring (bicyclic) bond motifs is 1. The van der Waals surface area contributed by atoms with Crippen LogP contribution in [-0.4, -0.2) is 36.9 Å². The third-order valence-electron chi connectivity index (χ3n) is 5.79. The standard InChI is InChI=1S/C25H29N3O3/c1-16(2)14-23(29)27-21(18-10-12-26-13-11-18)15-22-25(30)31-24(28-22)20-9-5-7-17-6-3-4-8-19(17)20/h3-9,15-16,18,21,26H,10-14H2,1-2H3,(H,27,29). The van der Waals surface area contributed by atoms with Gasteiger partial charge in [0.2, 0.25) is 11.8 Å². The number of hydrogen-bond acceptors (Lipinski definition) is 5. The number of aliphatic imine (C=N–C) groups is 1. The minimum Gasteiger partial charge on any atom is -0.402 e. The number of nitrogens with zero attached hydrogens (tertiary/aromatic N) is 1. The molecule has 2 aliphatic heterocycles. The number of hydrogen-bond donors (Lipinski definition) is 2. The number of nitrogens with one attached hydrogen (secondary N) is 2. The Labute approximate surface area is 182 Å². The van der Waals surface area contributed by atoms with Crippen LogP contribution in [0.1, 0.15) is 38.7 Å². The van der Waals surface area contributed by atoms with E-state index in [2.05, 4.69) is 15.6 Å². The van der Waals surface area contributed by atoms with Crippen molar-refractivity contribution < 1.29 is 14.3 Å². The molecule has 1 unspecified atom stereocenters. The number of rotatable bonds is 6. The van der Waals surface area contributed by atoms with Crippen LogP contribution in [0.15, 0.2) is 59.2 Å². The zero-order valence-electron chi connectivity index (χ0n) is 18.1. The van der Waals surface area contributed by atoms with Gasteiger partial charge in [0, 0.05) is 12.0 Å². The van der Waals surface area contributed by atoms with Crippen molar-refractivity contribution in [3.05, 3.63) is 59.8 Å². The van der Waals surface area contributed by atoms with Gasteiger partial charge in [-0.05, 0) is 60.7 Å². The molecule has 1 fully saturated rings. The van der Waals surface area contributed by atoms with E-state index >= 15 is 0 Å². The summed E-state index contributed by atoms with van der Waals surface area (Å²) < 4.78 is 5.54. The maximum absolute atomic E-state index is 12.6. The predicted octanol–water partition coefficient (Wildman–Crippen LogP) is 3.56. The van der Waals surface area contributed by atoms with Crippen LogP contribution < -0.4 is 10.6 Å². The molecule has 2 aliphatic rings. The molecular formula is C25H29N3O3. The van der Waals surface area contributed by atoms with Crippen LogP contribution in [0.25, 0.3) is 10.8 Å². The van der Waals surface area contributed by atoms with Crippen molar-refractivity contribution in [3.63, 3.8) is 0 Å². The fourth-order valence-electron chi connectivity index (χ4n) is 4.24. The van der Waals surface area contributed by atoms with E-state index in [1.807, 2.05) is 56.3 Å². The summed E-state index contributed by atoms with van der Waals surface area (Å²) in [5, 5.41) is 8.52. The first kappa shape index (κ1) is 21.2. The van der Waals surface area contributed by atoms with Crippen LogP contribution in [0, 0.1) is 11.8 Å². The van der Waals surface area contributed by atoms with Crippen LogP contribution in [0.5, 0.6) is 0 Å². The van der Waals surface area contributed by atoms with E-state index in [1.165, 1.54) is 0 Å². The van der Waals surface area contributed by atoms with Gasteiger partial charge in [-0.1, -0.05) is 50.2 Å². The molecule has 2 aromatic rings. The average Bonchev–Trinajstić information content (AvgIpc) is 3.13. The smallest absolute Gasteiger partial charge is 0.363 e. The summed E-state index contributed by atoms with van der Waals surface area (Å²) in [5.74, 6) is 0.369. The van der Waals surface area contributed by atoms with Gasteiger partial charge in [0.15, 0.2) is 5.70 Å². The highest BCUT2D eigenvalue weighted by Crippen LogP contribution is 2.26. The first-order valence-corrected chi connectivity index (χ1v) is 11.0. The number of esters is 1. The Kier molecular flexibility index (Phi) is 6.47. The summed E-state index contributed by atoms with van der Waals surface area (Å²) >= 11 is 0. The minimum absolute atomic E-state index is 0.00000315. The van der Waals surface area contributed by atoms with E-state index in [0.717, 1.165) is 42.3 Å². The lowest BCUT2D eigenvalue weighted by atomic mass is 9.89. The summed E-state index contributed by atoms with van der Waals surface area (Å²) in [7, 11) is 0. The summed E-state index contributed by atoms with van der Waals surface area (Å²) in [5.41, 5.74) is 1.05. The SMILES string of the molecule is CC(C)CC(=O)NC(C=C1N=C(c2cccc3ccccc23)OC1=O)C1CCNCC1. The lowest BCUT2D eigenvalue weighted by Crippen LogP contribution is -2.43. The van der Waals surface area contributed by atoms with E-state index in [9.17, 15) is 9.59 Å². The number of carbonyl (C=O) groups excluding carboxylic acids is 2. The Morgan fingerprint density at radius 3 is 2.71 bits per heavy atom. The molecule has 0 saturated carbocycles. The third kappa shape index (κ3) is 5.02. The van der Waals surface area contributed by atoms with Crippen molar-refractivity contribution in [2.45, 2.75) is 39.2 Å². The van der Waals surface area contributed by atoms with Crippen molar-refractivity contribution in [2.75, 3.05) is 13.1 Å². The first-order valence-electron chi connectivity index (χ1n) is 11.0. The van der Waals surface area contributed by atoms with Gasteiger partial charge in [-0.2, -0.15) is 0 Å². The van der Waals surface area contributed by atoms with E-state index < -0.39 is 5.97 Å². The fraction of sp³-hybridized carbons (Fsp3) is 0.400. The van der Waals surface area contributed by atoms with Crippen LogP contribution in [0.2, 0.25) is 0 Å². The Bertz CT molecular complexity index is 1030. The largest absolute Gasteiger partial charge is 0.402 e. The second kappa shape index (κ2) is 9.43. The summed E-state index contributed by atoms with van der Waals surface area (Å²) in [6, 6.07) is 13.6. The molecule has 6 nitrogen and oxygen atoms in total. The Hall–Kier alpha value is -2.99. The molecule has 162 valence electrons. The van der Waals surface area contributed by atoms with Crippen molar-refractivity contribution >= 4 is 28.5 Å². The highest BCUT2D eigenvalue weighted by Gasteiger charge is 2.30. The van der Waals surface area contributed by atoms with Crippen LogP contribution in [0.3, 0.4) is 0 Å². The lowest BCUT2D eigenvalue weighted by Gasteiger charge is -2.29. The van der Waals surface area contributed by atoms with Gasteiger partial charge in [0.05, 0.1) is 6.04 Å². The molecule has 6 heteroatoms. The van der Waals surface area contributed by atoms with Crippen molar-refractivity contribution in [1.82, 2.24) is 10.6 Å². The second-order valence-corrected chi connectivity index (χ2v) is 8.66. The molecule has 1 saturated heterocycles. The number of amides is 1. The van der Waals surface area contributed by atoms with Gasteiger partial charge >= 0.3 is 5.97 Å². The highest BCUT2D eigenvalue weighted by molar-refractivity contribution is 6.16. The van der Waals surface area contributed by atoms with Gasteiger partial charge in [-0.3, -0.25) is 4.79 Å². The Balaban J connectivity index is 1.64. The molecule has 0 radical (unpaired) electrons. The predicted molar refractivity (Wildman–Crippen MR) is 122 cm³/mol. The van der Waals surface area contributed by atoms with E-state index in [-0.39, 0.29) is 29.5 Å². The molecule has 2 heterocycles. The molecule has 0 spiro atoms. The summed E-state index contributed by atoms with van der Waals surface area (Å²) in [4.78, 5) is 29.7. The van der Waals surface area contributed by atoms with Crippen LogP contribution in [-0.2, 0) is 14.3 Å². The topological polar surface area (TPSA) is 79.8 Å². The minimum atomic E-state index is -0.472. The molecule has 2 N–H and O–H groups in total. The van der Waals surface area contributed by atoms with E-state index in [4.69, 9.17) is 4.74 Å². The van der Waals surface area contributed by atoms with Crippen LogP contribution >= 0.6 is 0 Å². The second-order valence-electron chi connectivity index (χ2n) is 8.66. The summed E-state index contributed by atoms with van der Waals surface area (Å²) in [6.45, 7) is 5.85. The summed E-state index contributed by atoms with van der Waals surface area (Å²) in [6.07, 6.45) is 4.12. The lowest BCUT2D eigenvalue weighted by molar-refractivity contribution is -0.130. The molecule has 1 atom stereocenters. The molecule has 2 aromatic carbocycles. The molecule has 0 aliphatic carbocycles. The normalized spacial score (nSPS) is 19.5. The number of carbonyl (C=O) groups is 2. The Morgan fingerprint density at radius 2 is 1.94 bits per heavy atom. The highest BCUT2D eigenvalue weighted by atomic mass is 16.6. The Morgan fingerprint density at radius 1 is 1.19 bits per heavy atom. The van der Waals surface area contributed by atoms with Gasteiger partial charge < -0.3 is 15.4 Å². The first-order chi connectivity index (χ1) is 15.0. The number of cyclic esters (lactones) is 1. The van der Waals surface area contributed by atoms with E-state index in [0.29, 0.717) is 12.3 Å². The van der Waals surface area contributed by atoms with Gasteiger partial charge in [0.25, 0.3) is 0 Å². The van der Waals surface area contributed by atoms with E-state index in [1.54, 1.807) is 6.08 Å². The zero-order valence-corrected chi connectivity index (χ0v) is 18.1. The monoisotopic (exact) mass is 419 g/mol. The number of benzene rings is 2. The van der Waals surface area contributed by atoms with Crippen molar-refractivity contribution in [1.29, 1.82) is 0 Å². The molecule has 4 rings (SSSR count). The zero-order chi connectivity index (χ0) is 21.8.